The van der Waals surface area contributed by atoms with Crippen molar-refractivity contribution in [1.82, 2.24) is 4.98 Å². The molecule has 0 aliphatic heterocycles. The standard InChI is InChI=1S/C22H25N3O2S/c1-5-26-19-10-9-18(21(12-19)27-6-2)13-23-25-22-24-20(14-28-22)17-8-7-15(3)16(4)11-17/h7-14H,5-6H2,1-4H3,(H,24,25)/b23-13-. The number of thiazole rings is 1. The molecule has 1 heterocycles. The number of aryl methyl sites for hydroxylation is 2. The van der Waals surface area contributed by atoms with Gasteiger partial charge < -0.3 is 9.47 Å². The number of benzene rings is 2. The summed E-state index contributed by atoms with van der Waals surface area (Å²) in [4.78, 5) is 4.62. The molecular weight excluding hydrogens is 370 g/mol. The maximum Gasteiger partial charge on any atom is 0.203 e. The van der Waals surface area contributed by atoms with Gasteiger partial charge in [-0.3, -0.25) is 5.43 Å². The van der Waals surface area contributed by atoms with Gasteiger partial charge in [-0.1, -0.05) is 12.1 Å². The van der Waals surface area contributed by atoms with Crippen LogP contribution in [0.15, 0.2) is 46.9 Å². The molecule has 0 unspecified atom stereocenters. The average Bonchev–Trinajstić information content (AvgIpc) is 3.15. The molecule has 5 nitrogen and oxygen atoms in total. The zero-order valence-electron chi connectivity index (χ0n) is 16.7. The van der Waals surface area contributed by atoms with E-state index >= 15 is 0 Å². The number of aromatic nitrogens is 1. The van der Waals surface area contributed by atoms with Crippen molar-refractivity contribution in [3.8, 4) is 22.8 Å². The summed E-state index contributed by atoms with van der Waals surface area (Å²) in [6, 6.07) is 12.1. The van der Waals surface area contributed by atoms with Gasteiger partial charge in [0.15, 0.2) is 0 Å². The minimum absolute atomic E-state index is 0.579. The van der Waals surface area contributed by atoms with Crippen molar-refractivity contribution in [2.75, 3.05) is 18.6 Å². The summed E-state index contributed by atoms with van der Waals surface area (Å²) in [5, 5.41) is 7.10. The summed E-state index contributed by atoms with van der Waals surface area (Å²) in [5.41, 5.74) is 8.49. The lowest BCUT2D eigenvalue weighted by atomic mass is 10.1. The van der Waals surface area contributed by atoms with Gasteiger partial charge in [-0.25, -0.2) is 4.98 Å². The Morgan fingerprint density at radius 2 is 1.86 bits per heavy atom. The highest BCUT2D eigenvalue weighted by Gasteiger charge is 2.06. The Morgan fingerprint density at radius 1 is 1.04 bits per heavy atom. The third-order valence-electron chi connectivity index (χ3n) is 4.27. The molecule has 2 aromatic carbocycles. The van der Waals surface area contributed by atoms with Crippen molar-refractivity contribution in [3.05, 3.63) is 58.5 Å². The number of hydrazone groups is 1. The molecule has 28 heavy (non-hydrogen) atoms. The van der Waals surface area contributed by atoms with E-state index in [4.69, 9.17) is 9.47 Å². The molecular formula is C22H25N3O2S. The van der Waals surface area contributed by atoms with E-state index in [1.807, 2.05) is 37.4 Å². The Morgan fingerprint density at radius 3 is 2.61 bits per heavy atom. The molecule has 0 saturated carbocycles. The van der Waals surface area contributed by atoms with Crippen LogP contribution in [0, 0.1) is 13.8 Å². The quantitative estimate of drug-likeness (QED) is 0.394. The summed E-state index contributed by atoms with van der Waals surface area (Å²) in [5.74, 6) is 1.53. The van der Waals surface area contributed by atoms with E-state index in [1.54, 1.807) is 6.21 Å². The smallest absolute Gasteiger partial charge is 0.203 e. The third-order valence-corrected chi connectivity index (χ3v) is 5.01. The number of anilines is 1. The van der Waals surface area contributed by atoms with Gasteiger partial charge in [0, 0.05) is 22.6 Å². The molecule has 0 spiro atoms. The van der Waals surface area contributed by atoms with E-state index in [2.05, 4.69) is 47.6 Å². The second-order valence-corrected chi connectivity index (χ2v) is 7.13. The molecule has 6 heteroatoms. The minimum Gasteiger partial charge on any atom is -0.494 e. The lowest BCUT2D eigenvalue weighted by Crippen LogP contribution is -1.99. The van der Waals surface area contributed by atoms with Crippen LogP contribution < -0.4 is 14.9 Å². The molecule has 146 valence electrons. The van der Waals surface area contributed by atoms with Crippen molar-refractivity contribution in [1.29, 1.82) is 0 Å². The zero-order chi connectivity index (χ0) is 19.9. The van der Waals surface area contributed by atoms with Crippen LogP contribution in [0.25, 0.3) is 11.3 Å². The molecule has 0 fully saturated rings. The van der Waals surface area contributed by atoms with E-state index in [0.717, 1.165) is 33.5 Å². The molecule has 0 aliphatic rings. The van der Waals surface area contributed by atoms with Gasteiger partial charge in [0.1, 0.15) is 11.5 Å². The van der Waals surface area contributed by atoms with E-state index in [9.17, 15) is 0 Å². The molecule has 3 rings (SSSR count). The highest BCUT2D eigenvalue weighted by atomic mass is 32.1. The average molecular weight is 396 g/mol. The molecule has 1 aromatic heterocycles. The molecule has 0 bridgehead atoms. The number of ether oxygens (including phenoxy) is 2. The van der Waals surface area contributed by atoms with E-state index in [1.165, 1.54) is 22.5 Å². The Kier molecular flexibility index (Phi) is 6.66. The highest BCUT2D eigenvalue weighted by molar-refractivity contribution is 7.14. The van der Waals surface area contributed by atoms with Crippen molar-refractivity contribution in [2.45, 2.75) is 27.7 Å². The van der Waals surface area contributed by atoms with E-state index in [-0.39, 0.29) is 0 Å². The second-order valence-electron chi connectivity index (χ2n) is 6.27. The van der Waals surface area contributed by atoms with Gasteiger partial charge >= 0.3 is 0 Å². The summed E-state index contributed by atoms with van der Waals surface area (Å²) >= 11 is 1.53. The molecule has 0 radical (unpaired) electrons. The Labute approximate surface area is 170 Å². The molecule has 0 amide bonds. The maximum atomic E-state index is 5.70. The van der Waals surface area contributed by atoms with Crippen molar-refractivity contribution in [3.63, 3.8) is 0 Å². The summed E-state index contributed by atoms with van der Waals surface area (Å²) < 4.78 is 11.2. The van der Waals surface area contributed by atoms with Gasteiger partial charge in [0.05, 0.1) is 25.1 Å². The number of nitrogens with zero attached hydrogens (tertiary/aromatic N) is 2. The minimum atomic E-state index is 0.579. The van der Waals surface area contributed by atoms with Crippen LogP contribution in [0.3, 0.4) is 0 Å². The SMILES string of the molecule is CCOc1ccc(/C=N\Nc2nc(-c3ccc(C)c(C)c3)cs2)c(OCC)c1. The first kappa shape index (κ1) is 19.9. The molecule has 0 atom stereocenters. The van der Waals surface area contributed by atoms with Crippen LogP contribution in [0.4, 0.5) is 5.13 Å². The Bertz CT molecular complexity index is 966. The number of hydrogen-bond acceptors (Lipinski definition) is 6. The first-order chi connectivity index (χ1) is 13.6. The van der Waals surface area contributed by atoms with Crippen LogP contribution in [0.1, 0.15) is 30.5 Å². The topological polar surface area (TPSA) is 55.7 Å². The predicted molar refractivity (Wildman–Crippen MR) is 117 cm³/mol. The van der Waals surface area contributed by atoms with Crippen LogP contribution in [0.2, 0.25) is 0 Å². The molecule has 0 saturated heterocycles. The third kappa shape index (κ3) is 4.89. The van der Waals surface area contributed by atoms with E-state index in [0.29, 0.717) is 13.2 Å². The van der Waals surface area contributed by atoms with Crippen molar-refractivity contribution < 1.29 is 9.47 Å². The van der Waals surface area contributed by atoms with Crippen LogP contribution >= 0.6 is 11.3 Å². The first-order valence-electron chi connectivity index (χ1n) is 9.32. The van der Waals surface area contributed by atoms with Gasteiger partial charge in [0.2, 0.25) is 5.13 Å². The zero-order valence-corrected chi connectivity index (χ0v) is 17.5. The molecule has 3 aromatic rings. The second kappa shape index (κ2) is 9.37. The number of hydrogen-bond donors (Lipinski definition) is 1. The van der Waals surface area contributed by atoms with Crippen LogP contribution in [-0.2, 0) is 0 Å². The van der Waals surface area contributed by atoms with Crippen molar-refractivity contribution in [2.24, 2.45) is 5.10 Å². The number of rotatable bonds is 8. The first-order valence-corrected chi connectivity index (χ1v) is 10.2. The highest BCUT2D eigenvalue weighted by Crippen LogP contribution is 2.27. The maximum absolute atomic E-state index is 5.70. The largest absolute Gasteiger partial charge is 0.494 e. The lowest BCUT2D eigenvalue weighted by Gasteiger charge is -2.09. The van der Waals surface area contributed by atoms with Crippen LogP contribution in [0.5, 0.6) is 11.5 Å². The molecule has 0 aliphatic carbocycles. The summed E-state index contributed by atoms with van der Waals surface area (Å²) in [7, 11) is 0. The van der Waals surface area contributed by atoms with Gasteiger partial charge in [0.25, 0.3) is 0 Å². The summed E-state index contributed by atoms with van der Waals surface area (Å²) in [6.45, 7) is 9.33. The lowest BCUT2D eigenvalue weighted by molar-refractivity contribution is 0.323. The van der Waals surface area contributed by atoms with Gasteiger partial charge in [-0.05, 0) is 57.0 Å². The fraction of sp³-hybridized carbons (Fsp3) is 0.273. The fourth-order valence-corrected chi connectivity index (χ4v) is 3.34. The summed E-state index contributed by atoms with van der Waals surface area (Å²) in [6.07, 6.45) is 1.73. The van der Waals surface area contributed by atoms with Gasteiger partial charge in [-0.15, -0.1) is 11.3 Å². The monoisotopic (exact) mass is 395 g/mol. The van der Waals surface area contributed by atoms with E-state index < -0.39 is 0 Å². The van der Waals surface area contributed by atoms with Crippen LogP contribution in [-0.4, -0.2) is 24.4 Å². The van der Waals surface area contributed by atoms with Gasteiger partial charge in [-0.2, -0.15) is 5.10 Å². The molecule has 1 N–H and O–H groups in total. The number of nitrogens with one attached hydrogen (secondary N) is 1. The normalized spacial score (nSPS) is 11.0. The Hall–Kier alpha value is -2.86. The Balaban J connectivity index is 1.71. The predicted octanol–water partition coefficient (Wildman–Crippen LogP) is 5.67. The van der Waals surface area contributed by atoms with Crippen molar-refractivity contribution >= 4 is 22.7 Å². The fourth-order valence-electron chi connectivity index (χ4n) is 2.67.